The van der Waals surface area contributed by atoms with Crippen LogP contribution in [0.5, 0.6) is 0 Å². The molecular weight excluding hydrogens is 158 g/mol. The Labute approximate surface area is 66.5 Å². The normalized spacial score (nSPS) is 14.7. The molecule has 0 spiro atoms. The van der Waals surface area contributed by atoms with E-state index in [0.717, 1.165) is 0 Å². The van der Waals surface area contributed by atoms with E-state index in [2.05, 4.69) is 15.0 Å². The number of hydrogen-bond donors (Lipinski definition) is 0. The lowest BCUT2D eigenvalue weighted by atomic mass is 10.4. The lowest BCUT2D eigenvalue weighted by Crippen LogP contribution is -2.36. The van der Waals surface area contributed by atoms with Gasteiger partial charge in [0.15, 0.2) is 5.49 Å². The second-order valence-corrected chi connectivity index (χ2v) is 2.18. The Kier molecular flexibility index (Phi) is 1.30. The number of rotatable bonds is 0. The molecule has 0 unspecified atom stereocenters. The summed E-state index contributed by atoms with van der Waals surface area (Å²) in [5, 5.41) is 0.349. The first-order chi connectivity index (χ1) is 5.77. The second kappa shape index (κ2) is 2.30. The molecule has 2 amide bonds. The van der Waals surface area contributed by atoms with Gasteiger partial charge in [0.05, 0.1) is 0 Å². The summed E-state index contributed by atoms with van der Waals surface area (Å²) in [5.74, 6) is -1.70. The smallest absolute Gasteiger partial charge is 0.261 e. The van der Waals surface area contributed by atoms with E-state index in [-0.39, 0.29) is 5.49 Å². The van der Waals surface area contributed by atoms with Crippen molar-refractivity contribution < 1.29 is 9.59 Å². The van der Waals surface area contributed by atoms with Gasteiger partial charge in [-0.25, -0.2) is 9.98 Å². The Hall–Kier alpha value is -1.91. The number of fused-ring (bicyclic) bond motifs is 1. The quantitative estimate of drug-likeness (QED) is 0.429. The second-order valence-electron chi connectivity index (χ2n) is 2.18. The molecule has 0 fully saturated rings. The molecule has 2 rings (SSSR count). The largest absolute Gasteiger partial charge is 0.339 e. The summed E-state index contributed by atoms with van der Waals surface area (Å²) >= 11 is 0. The number of pyridine rings is 1. The van der Waals surface area contributed by atoms with Gasteiger partial charge in [0.2, 0.25) is 0 Å². The average molecular weight is 161 g/mol. The van der Waals surface area contributed by atoms with Crippen LogP contribution in [0.1, 0.15) is 0 Å². The molecule has 1 aromatic heterocycles. The highest BCUT2D eigenvalue weighted by molar-refractivity contribution is 6.36. The molecule has 0 N–H and O–H groups in total. The van der Waals surface area contributed by atoms with Crippen molar-refractivity contribution in [3.8, 4) is 0 Å². The van der Waals surface area contributed by atoms with Gasteiger partial charge in [0.25, 0.3) is 0 Å². The fourth-order valence-electron chi connectivity index (χ4n) is 0.863. The van der Waals surface area contributed by atoms with E-state index >= 15 is 0 Å². The highest BCUT2D eigenvalue weighted by Gasteiger charge is 2.14. The molecule has 0 saturated heterocycles. The number of carbonyl (C=O) groups excluding carboxylic acids is 2. The third kappa shape index (κ3) is 0.914. The van der Waals surface area contributed by atoms with E-state index in [9.17, 15) is 9.59 Å². The van der Waals surface area contributed by atoms with Gasteiger partial charge in [0, 0.05) is 6.20 Å². The van der Waals surface area contributed by atoms with Crippen LogP contribution < -0.4 is 10.8 Å². The van der Waals surface area contributed by atoms with E-state index in [1.165, 1.54) is 6.20 Å². The predicted octanol–water partition coefficient (Wildman–Crippen LogP) is -1.61. The molecule has 0 bridgehead atoms. The number of amides is 2. The lowest BCUT2D eigenvalue weighted by Gasteiger charge is -1.93. The summed E-state index contributed by atoms with van der Waals surface area (Å²) in [6.07, 6.45) is 1.49. The summed E-state index contributed by atoms with van der Waals surface area (Å²) in [6.45, 7) is 0. The predicted molar refractivity (Wildman–Crippen MR) is 36.6 cm³/mol. The van der Waals surface area contributed by atoms with Crippen LogP contribution in [0, 0.1) is 0 Å². The molecule has 0 radical (unpaired) electrons. The molecule has 0 atom stereocenters. The molecule has 0 saturated carbocycles. The minimum Gasteiger partial charge on any atom is -0.261 e. The van der Waals surface area contributed by atoms with Crippen molar-refractivity contribution in [1.82, 2.24) is 4.98 Å². The molecule has 5 nitrogen and oxygen atoms in total. The Balaban J connectivity index is 2.87. The molecule has 58 valence electrons. The van der Waals surface area contributed by atoms with Crippen LogP contribution in [0.4, 0.5) is 0 Å². The Morgan fingerprint density at radius 1 is 1.08 bits per heavy atom. The summed E-state index contributed by atoms with van der Waals surface area (Å²) in [7, 11) is 0. The Morgan fingerprint density at radius 3 is 2.67 bits per heavy atom. The number of nitrogens with zero attached hydrogens (tertiary/aromatic N) is 3. The van der Waals surface area contributed by atoms with Crippen LogP contribution in [0.2, 0.25) is 0 Å². The third-order valence-corrected chi connectivity index (χ3v) is 1.38. The van der Waals surface area contributed by atoms with Crippen molar-refractivity contribution >= 4 is 11.8 Å². The van der Waals surface area contributed by atoms with E-state index in [0.29, 0.717) is 5.36 Å². The van der Waals surface area contributed by atoms with Gasteiger partial charge in [0.1, 0.15) is 5.36 Å². The minimum absolute atomic E-state index is 0.210. The summed E-state index contributed by atoms with van der Waals surface area (Å²) in [5.41, 5.74) is 0.210. The fraction of sp³-hybridized carbons (Fsp3) is 0. The van der Waals surface area contributed by atoms with Gasteiger partial charge in [-0.15, -0.1) is 0 Å². The average Bonchev–Trinajstić information content (AvgIpc) is 2.07. The first kappa shape index (κ1) is 6.78. The molecule has 0 aromatic carbocycles. The lowest BCUT2D eigenvalue weighted by molar-refractivity contribution is -0.135. The van der Waals surface area contributed by atoms with Gasteiger partial charge in [-0.2, -0.15) is 4.99 Å². The van der Waals surface area contributed by atoms with Crippen LogP contribution >= 0.6 is 0 Å². The summed E-state index contributed by atoms with van der Waals surface area (Å²) < 4.78 is 0. The van der Waals surface area contributed by atoms with Crippen LogP contribution in [0.25, 0.3) is 0 Å². The van der Waals surface area contributed by atoms with Crippen molar-refractivity contribution in [3.05, 3.63) is 29.2 Å². The van der Waals surface area contributed by atoms with E-state index in [1.807, 2.05) is 0 Å². The zero-order valence-electron chi connectivity index (χ0n) is 5.89. The van der Waals surface area contributed by atoms with Crippen LogP contribution in [-0.2, 0) is 9.59 Å². The van der Waals surface area contributed by atoms with Crippen molar-refractivity contribution in [2.45, 2.75) is 0 Å². The van der Waals surface area contributed by atoms with Crippen molar-refractivity contribution in [1.29, 1.82) is 0 Å². The van der Waals surface area contributed by atoms with Gasteiger partial charge in [-0.3, -0.25) is 9.59 Å². The van der Waals surface area contributed by atoms with Crippen LogP contribution in [-0.4, -0.2) is 16.8 Å². The van der Waals surface area contributed by atoms with Crippen LogP contribution in [0.15, 0.2) is 28.3 Å². The number of carbonyl (C=O) groups is 2. The van der Waals surface area contributed by atoms with E-state index < -0.39 is 11.8 Å². The first-order valence-electron chi connectivity index (χ1n) is 3.24. The maximum atomic E-state index is 10.7. The zero-order valence-corrected chi connectivity index (χ0v) is 5.89. The third-order valence-electron chi connectivity index (χ3n) is 1.38. The number of hydrogen-bond acceptors (Lipinski definition) is 3. The topological polar surface area (TPSA) is 71.8 Å². The molecule has 1 aromatic rings. The van der Waals surface area contributed by atoms with E-state index in [1.54, 1.807) is 12.1 Å². The summed E-state index contributed by atoms with van der Waals surface area (Å²) in [4.78, 5) is 32.1. The molecular formula is C7H3N3O2. The molecule has 5 heteroatoms. The maximum absolute atomic E-state index is 10.7. The fourth-order valence-corrected chi connectivity index (χ4v) is 0.863. The molecule has 12 heavy (non-hydrogen) atoms. The highest BCUT2D eigenvalue weighted by atomic mass is 16.2. The number of aromatic nitrogens is 1. The first-order valence-corrected chi connectivity index (χ1v) is 3.24. The van der Waals surface area contributed by atoms with Gasteiger partial charge < -0.3 is 0 Å². The van der Waals surface area contributed by atoms with Crippen molar-refractivity contribution in [2.75, 3.05) is 0 Å². The van der Waals surface area contributed by atoms with E-state index in [4.69, 9.17) is 0 Å². The standard InChI is InChI=1S/C7H3N3O2/c11-6-7(12)10-5-4(9-6)2-1-3-8-5/h1-3H. The highest BCUT2D eigenvalue weighted by Crippen LogP contribution is 1.82. The molecule has 1 aliphatic heterocycles. The minimum atomic E-state index is -0.860. The van der Waals surface area contributed by atoms with Crippen LogP contribution in [0.3, 0.4) is 0 Å². The zero-order chi connectivity index (χ0) is 8.55. The molecule has 2 heterocycles. The Morgan fingerprint density at radius 2 is 1.83 bits per heavy atom. The Bertz CT molecular complexity index is 433. The van der Waals surface area contributed by atoms with Crippen molar-refractivity contribution in [2.24, 2.45) is 9.98 Å². The summed E-state index contributed by atoms with van der Waals surface area (Å²) in [6, 6.07) is 3.21. The SMILES string of the molecule is O=C1N=c2cccnc2=NC1=O. The van der Waals surface area contributed by atoms with Gasteiger partial charge in [-0.05, 0) is 12.1 Å². The van der Waals surface area contributed by atoms with Crippen molar-refractivity contribution in [3.63, 3.8) is 0 Å². The molecule has 1 aliphatic rings. The maximum Gasteiger partial charge on any atom is 0.339 e. The molecule has 0 aliphatic carbocycles. The van der Waals surface area contributed by atoms with Gasteiger partial charge >= 0.3 is 11.8 Å². The van der Waals surface area contributed by atoms with Gasteiger partial charge in [-0.1, -0.05) is 0 Å². The monoisotopic (exact) mass is 161 g/mol.